The maximum atomic E-state index is 2.32. The molecule has 0 saturated carbocycles. The van der Waals surface area contributed by atoms with Gasteiger partial charge < -0.3 is 0 Å². The first kappa shape index (κ1) is 12.1. The van der Waals surface area contributed by atoms with Gasteiger partial charge in [-0.05, 0) is 34.2 Å². The van der Waals surface area contributed by atoms with Crippen LogP contribution < -0.4 is 0 Å². The van der Waals surface area contributed by atoms with Crippen LogP contribution in [0.15, 0.2) is 0 Å². The highest BCUT2D eigenvalue weighted by molar-refractivity contribution is 6.35. The average Bonchev–Trinajstić information content (AvgIpc) is 1.96. The van der Waals surface area contributed by atoms with Crippen molar-refractivity contribution in [2.45, 2.75) is 31.6 Å². The van der Waals surface area contributed by atoms with E-state index in [1.54, 1.807) is 0 Å². The van der Waals surface area contributed by atoms with Crippen LogP contribution in [0.5, 0.6) is 0 Å². The predicted octanol–water partition coefficient (Wildman–Crippen LogP) is 0.851. The average molecular weight is 188 g/mol. The highest BCUT2D eigenvalue weighted by Crippen LogP contribution is 2.04. The molecule has 0 N–H and O–H groups in total. The van der Waals surface area contributed by atoms with Crippen LogP contribution >= 0.6 is 0 Å². The van der Waals surface area contributed by atoms with E-state index in [1.165, 1.54) is 18.5 Å². The first-order valence-corrected chi connectivity index (χ1v) is 6.92. The molecule has 0 rings (SSSR count). The number of rotatable bonds is 6. The van der Waals surface area contributed by atoms with Crippen LogP contribution in [0.4, 0.5) is 0 Å². The molecule has 0 radical (unpaired) electrons. The molecule has 0 atom stereocenters. The van der Waals surface area contributed by atoms with Crippen LogP contribution in [0, 0.1) is 0 Å². The molecule has 2 nitrogen and oxygen atoms in total. The topological polar surface area (TPSA) is 6.48 Å². The molecule has 0 aliphatic rings. The second kappa shape index (κ2) is 6.63. The lowest BCUT2D eigenvalue weighted by Gasteiger charge is -2.30. The van der Waals surface area contributed by atoms with E-state index in [-0.39, 0.29) is 9.52 Å². The van der Waals surface area contributed by atoms with Crippen molar-refractivity contribution in [3.63, 3.8) is 0 Å². The molecule has 0 bridgehead atoms. The summed E-state index contributed by atoms with van der Waals surface area (Å²) in [6.45, 7) is 2.29. The summed E-state index contributed by atoms with van der Waals surface area (Å²) in [5, 5.41) is 0. The van der Waals surface area contributed by atoms with Crippen molar-refractivity contribution in [3.05, 3.63) is 0 Å². The van der Waals surface area contributed by atoms with Crippen molar-refractivity contribution in [1.29, 1.82) is 0 Å². The van der Waals surface area contributed by atoms with Crippen molar-refractivity contribution in [2.24, 2.45) is 0 Å². The summed E-state index contributed by atoms with van der Waals surface area (Å²) >= 11 is 0. The van der Waals surface area contributed by atoms with E-state index in [9.17, 15) is 0 Å². The lowest BCUT2D eigenvalue weighted by Crippen LogP contribution is -2.40. The van der Waals surface area contributed by atoms with Gasteiger partial charge in [0.05, 0.1) is 6.17 Å². The quantitative estimate of drug-likeness (QED) is 0.346. The Bertz CT molecular complexity index is 96.7. The van der Waals surface area contributed by atoms with Gasteiger partial charge >= 0.3 is 0 Å². The number of nitrogens with zero attached hydrogens (tertiary/aromatic N) is 2. The van der Waals surface area contributed by atoms with E-state index in [0.717, 1.165) is 0 Å². The maximum absolute atomic E-state index is 2.32. The molecule has 3 heteroatoms. The summed E-state index contributed by atoms with van der Waals surface area (Å²) in [7, 11) is 8.88. The molecule has 0 aromatic rings. The largest absolute Gasteiger partial charge is 0.294 e. The fourth-order valence-corrected chi connectivity index (χ4v) is 3.74. The van der Waals surface area contributed by atoms with E-state index in [4.69, 9.17) is 0 Å². The van der Waals surface area contributed by atoms with E-state index < -0.39 is 0 Å². The van der Waals surface area contributed by atoms with Gasteiger partial charge in [-0.2, -0.15) is 0 Å². The van der Waals surface area contributed by atoms with Crippen LogP contribution in [0.3, 0.4) is 0 Å². The minimum absolute atomic E-state index is 0.195. The third kappa shape index (κ3) is 4.90. The van der Waals surface area contributed by atoms with Gasteiger partial charge in [0.15, 0.2) is 0 Å². The van der Waals surface area contributed by atoms with Gasteiger partial charge in [0.2, 0.25) is 0 Å². The molecule has 0 fully saturated rings. The molecule has 0 heterocycles. The zero-order chi connectivity index (χ0) is 9.56. The molecule has 0 aliphatic carbocycles. The SMILES string of the molecule is CCC[SiH2]CC(N(C)C)N(C)C. The van der Waals surface area contributed by atoms with Crippen LogP contribution in [0.1, 0.15) is 13.3 Å². The summed E-state index contributed by atoms with van der Waals surface area (Å²) in [5.74, 6) is 0. The highest BCUT2D eigenvalue weighted by Gasteiger charge is 2.12. The highest BCUT2D eigenvalue weighted by atomic mass is 28.2. The Morgan fingerprint density at radius 1 is 1.08 bits per heavy atom. The van der Waals surface area contributed by atoms with Gasteiger partial charge in [0.25, 0.3) is 0 Å². The molecule has 0 aromatic carbocycles. The second-order valence-corrected chi connectivity index (χ2v) is 5.90. The van der Waals surface area contributed by atoms with E-state index in [2.05, 4.69) is 44.9 Å². The van der Waals surface area contributed by atoms with Crippen molar-refractivity contribution in [2.75, 3.05) is 28.2 Å². The molecule has 0 amide bonds. The first-order valence-electron chi connectivity index (χ1n) is 4.92. The smallest absolute Gasteiger partial charge is 0.0582 e. The lowest BCUT2D eigenvalue weighted by atomic mass is 10.5. The molecule has 74 valence electrons. The van der Waals surface area contributed by atoms with Crippen LogP contribution in [0.2, 0.25) is 12.1 Å². The summed E-state index contributed by atoms with van der Waals surface area (Å²) in [6, 6.07) is 2.92. The first-order chi connectivity index (χ1) is 5.59. The molecule has 0 spiro atoms. The third-order valence-electron chi connectivity index (χ3n) is 2.26. The van der Waals surface area contributed by atoms with Gasteiger partial charge in [-0.3, -0.25) is 9.80 Å². The summed E-state index contributed by atoms with van der Waals surface area (Å²) < 4.78 is 0. The third-order valence-corrected chi connectivity index (χ3v) is 4.39. The minimum atomic E-state index is 0.195. The second-order valence-electron chi connectivity index (χ2n) is 3.90. The van der Waals surface area contributed by atoms with Crippen molar-refractivity contribution >= 4 is 9.52 Å². The van der Waals surface area contributed by atoms with Crippen molar-refractivity contribution in [3.8, 4) is 0 Å². The van der Waals surface area contributed by atoms with Crippen LogP contribution in [-0.2, 0) is 0 Å². The lowest BCUT2D eigenvalue weighted by molar-refractivity contribution is 0.147. The number of hydrogen-bond acceptors (Lipinski definition) is 2. The Balaban J connectivity index is 3.64. The zero-order valence-electron chi connectivity index (χ0n) is 9.30. The predicted molar refractivity (Wildman–Crippen MR) is 59.6 cm³/mol. The molecule has 0 aromatic heterocycles. The Morgan fingerprint density at radius 3 is 1.92 bits per heavy atom. The zero-order valence-corrected chi connectivity index (χ0v) is 10.7. The Kier molecular flexibility index (Phi) is 6.71. The Morgan fingerprint density at radius 2 is 1.58 bits per heavy atom. The fourth-order valence-electron chi connectivity index (χ4n) is 1.56. The van der Waals surface area contributed by atoms with Crippen molar-refractivity contribution < 1.29 is 0 Å². The van der Waals surface area contributed by atoms with Crippen molar-refractivity contribution in [1.82, 2.24) is 9.80 Å². The molecule has 0 unspecified atom stereocenters. The minimum Gasteiger partial charge on any atom is -0.294 e. The van der Waals surface area contributed by atoms with E-state index in [1.807, 2.05) is 0 Å². The fraction of sp³-hybridized carbons (Fsp3) is 1.00. The Hall–Kier alpha value is 0.137. The standard InChI is InChI=1S/C9H24N2Si/c1-6-7-12-8-9(10(2)3)11(4)5/h9H,6-8,12H2,1-5H3. The number of hydrogen-bond donors (Lipinski definition) is 0. The van der Waals surface area contributed by atoms with Gasteiger partial charge in [0, 0.05) is 9.52 Å². The van der Waals surface area contributed by atoms with Gasteiger partial charge in [0.1, 0.15) is 0 Å². The normalized spacial score (nSPS) is 13.0. The maximum Gasteiger partial charge on any atom is 0.0582 e. The summed E-state index contributed by atoms with van der Waals surface area (Å²) in [5.41, 5.74) is 0. The summed E-state index contributed by atoms with van der Waals surface area (Å²) in [6.07, 6.45) is 2.04. The van der Waals surface area contributed by atoms with Gasteiger partial charge in [-0.15, -0.1) is 0 Å². The van der Waals surface area contributed by atoms with Gasteiger partial charge in [-0.25, -0.2) is 0 Å². The molecule has 0 saturated heterocycles. The Labute approximate surface area is 79.8 Å². The molecule has 0 aliphatic heterocycles. The molecular weight excluding hydrogens is 164 g/mol. The van der Waals surface area contributed by atoms with E-state index >= 15 is 0 Å². The van der Waals surface area contributed by atoms with Crippen LogP contribution in [-0.4, -0.2) is 53.7 Å². The molecular formula is C9H24N2Si. The van der Waals surface area contributed by atoms with Crippen LogP contribution in [0.25, 0.3) is 0 Å². The van der Waals surface area contributed by atoms with E-state index in [0.29, 0.717) is 6.17 Å². The molecule has 12 heavy (non-hydrogen) atoms. The summed E-state index contributed by atoms with van der Waals surface area (Å²) in [4.78, 5) is 4.64. The van der Waals surface area contributed by atoms with Gasteiger partial charge in [-0.1, -0.05) is 19.4 Å². The monoisotopic (exact) mass is 188 g/mol.